The average molecular weight is 455 g/mol. The highest BCUT2D eigenvalue weighted by Crippen LogP contribution is 2.37. The van der Waals surface area contributed by atoms with E-state index in [1.54, 1.807) is 24.3 Å². The summed E-state index contributed by atoms with van der Waals surface area (Å²) in [5.41, 5.74) is 1.78. The summed E-state index contributed by atoms with van der Waals surface area (Å²) in [5.74, 6) is 0.477. The van der Waals surface area contributed by atoms with E-state index in [4.69, 9.17) is 4.99 Å². The maximum Gasteiger partial charge on any atom is 0.265 e. The van der Waals surface area contributed by atoms with Crippen LogP contribution >= 0.6 is 15.9 Å². The van der Waals surface area contributed by atoms with Crippen LogP contribution in [0.1, 0.15) is 24.1 Å². The Morgan fingerprint density at radius 1 is 0.857 bits per heavy atom. The number of amidine groups is 1. The standard InChI is InChI=1S/C22H19BrN2O2S/c1-16-21(17-8-4-2-5-9-17)24-22(18-10-6-3-7-11-18)25(16)28(26,27)20-14-12-19(23)13-15-20/h2-16,21H,1H3/t16-,21+/m1/s1. The molecular formula is C22H19BrN2O2S. The molecule has 0 saturated heterocycles. The molecule has 0 radical (unpaired) electrons. The van der Waals surface area contributed by atoms with Gasteiger partial charge in [-0.15, -0.1) is 0 Å². The molecule has 0 saturated carbocycles. The molecule has 0 aromatic heterocycles. The third-order valence-corrected chi connectivity index (χ3v) is 7.26. The number of sulfonamides is 1. The Labute approximate surface area is 173 Å². The van der Waals surface area contributed by atoms with E-state index >= 15 is 0 Å². The summed E-state index contributed by atoms with van der Waals surface area (Å²) in [4.78, 5) is 5.10. The normalized spacial score (nSPS) is 19.5. The van der Waals surface area contributed by atoms with E-state index in [-0.39, 0.29) is 17.0 Å². The maximum atomic E-state index is 13.5. The van der Waals surface area contributed by atoms with Crippen LogP contribution in [0, 0.1) is 0 Å². The number of hydrogen-bond donors (Lipinski definition) is 0. The van der Waals surface area contributed by atoms with Crippen molar-refractivity contribution in [3.8, 4) is 0 Å². The van der Waals surface area contributed by atoms with Crippen LogP contribution in [-0.4, -0.2) is 24.6 Å². The third kappa shape index (κ3) is 3.38. The van der Waals surface area contributed by atoms with Crippen molar-refractivity contribution in [2.75, 3.05) is 0 Å². The van der Waals surface area contributed by atoms with Gasteiger partial charge in [-0.3, -0.25) is 4.99 Å². The average Bonchev–Trinajstić information content (AvgIpc) is 3.07. The van der Waals surface area contributed by atoms with Crippen molar-refractivity contribution in [3.63, 3.8) is 0 Å². The molecule has 3 aromatic carbocycles. The van der Waals surface area contributed by atoms with Gasteiger partial charge in [-0.05, 0) is 36.8 Å². The monoisotopic (exact) mass is 454 g/mol. The van der Waals surface area contributed by atoms with Crippen molar-refractivity contribution >= 4 is 31.8 Å². The Kier molecular flexibility index (Phi) is 5.08. The minimum Gasteiger partial charge on any atom is -0.257 e. The second kappa shape index (κ2) is 7.53. The molecule has 0 spiro atoms. The summed E-state index contributed by atoms with van der Waals surface area (Å²) in [5, 5.41) is 0. The predicted molar refractivity (Wildman–Crippen MR) is 115 cm³/mol. The van der Waals surface area contributed by atoms with Crippen LogP contribution in [0.25, 0.3) is 0 Å². The fourth-order valence-electron chi connectivity index (χ4n) is 3.46. The molecule has 0 amide bonds. The number of hydrogen-bond acceptors (Lipinski definition) is 3. The number of benzene rings is 3. The van der Waals surface area contributed by atoms with Crippen LogP contribution in [0.2, 0.25) is 0 Å². The van der Waals surface area contributed by atoms with Crippen LogP contribution in [0.15, 0.2) is 99.3 Å². The first kappa shape index (κ1) is 18.9. The van der Waals surface area contributed by atoms with Crippen molar-refractivity contribution in [1.82, 2.24) is 4.31 Å². The van der Waals surface area contributed by atoms with E-state index in [1.165, 1.54) is 4.31 Å². The Morgan fingerprint density at radius 2 is 1.43 bits per heavy atom. The maximum absolute atomic E-state index is 13.5. The highest BCUT2D eigenvalue weighted by atomic mass is 79.9. The van der Waals surface area contributed by atoms with Crippen LogP contribution in [-0.2, 0) is 10.0 Å². The number of halogens is 1. The Balaban J connectivity index is 1.84. The van der Waals surface area contributed by atoms with Gasteiger partial charge in [-0.25, -0.2) is 12.7 Å². The lowest BCUT2D eigenvalue weighted by Gasteiger charge is -2.27. The fourth-order valence-corrected chi connectivity index (χ4v) is 5.37. The summed E-state index contributed by atoms with van der Waals surface area (Å²) >= 11 is 3.36. The Bertz CT molecular complexity index is 1100. The quantitative estimate of drug-likeness (QED) is 0.554. The first-order valence-corrected chi connectivity index (χ1v) is 11.2. The zero-order valence-electron chi connectivity index (χ0n) is 15.2. The summed E-state index contributed by atoms with van der Waals surface area (Å²) in [7, 11) is -3.76. The van der Waals surface area contributed by atoms with Gasteiger partial charge in [0.15, 0.2) is 0 Å². The second-order valence-corrected chi connectivity index (χ2v) is 9.40. The molecule has 0 aliphatic carbocycles. The molecule has 1 aliphatic heterocycles. The Morgan fingerprint density at radius 3 is 2.04 bits per heavy atom. The van der Waals surface area contributed by atoms with E-state index in [0.717, 1.165) is 15.6 Å². The molecule has 0 N–H and O–H groups in total. The number of rotatable bonds is 4. The van der Waals surface area contributed by atoms with Gasteiger partial charge in [0.1, 0.15) is 5.84 Å². The number of aliphatic imine (C=N–C) groups is 1. The summed E-state index contributed by atoms with van der Waals surface area (Å²) in [6.07, 6.45) is 0. The van der Waals surface area contributed by atoms with Crippen molar-refractivity contribution in [2.45, 2.75) is 23.9 Å². The van der Waals surface area contributed by atoms with Gasteiger partial charge in [0.25, 0.3) is 10.0 Å². The van der Waals surface area contributed by atoms with E-state index in [1.807, 2.05) is 67.6 Å². The smallest absolute Gasteiger partial charge is 0.257 e. The minimum absolute atomic E-state index is 0.250. The molecule has 4 nitrogen and oxygen atoms in total. The van der Waals surface area contributed by atoms with E-state index in [9.17, 15) is 8.42 Å². The summed E-state index contributed by atoms with van der Waals surface area (Å²) in [6.45, 7) is 1.91. The highest BCUT2D eigenvalue weighted by Gasteiger charge is 2.42. The SMILES string of the molecule is C[C@@H]1[C@@H](c2ccccc2)N=C(c2ccccc2)N1S(=O)(=O)c1ccc(Br)cc1. The first-order chi connectivity index (χ1) is 13.5. The molecule has 0 fully saturated rings. The highest BCUT2D eigenvalue weighted by molar-refractivity contribution is 9.10. The van der Waals surface area contributed by atoms with Crippen LogP contribution in [0.3, 0.4) is 0 Å². The zero-order chi connectivity index (χ0) is 19.7. The van der Waals surface area contributed by atoms with Gasteiger partial charge >= 0.3 is 0 Å². The topological polar surface area (TPSA) is 49.7 Å². The lowest BCUT2D eigenvalue weighted by atomic mass is 10.0. The van der Waals surface area contributed by atoms with Crippen LogP contribution < -0.4 is 0 Å². The van der Waals surface area contributed by atoms with E-state index < -0.39 is 10.0 Å². The van der Waals surface area contributed by atoms with Crippen molar-refractivity contribution in [3.05, 3.63) is 101 Å². The van der Waals surface area contributed by atoms with Crippen molar-refractivity contribution < 1.29 is 8.42 Å². The van der Waals surface area contributed by atoms with Gasteiger partial charge in [0.2, 0.25) is 0 Å². The number of nitrogens with zero attached hydrogens (tertiary/aromatic N) is 2. The van der Waals surface area contributed by atoms with Gasteiger partial charge in [0.05, 0.1) is 17.0 Å². The van der Waals surface area contributed by atoms with Gasteiger partial charge in [0, 0.05) is 10.0 Å². The molecule has 1 aliphatic rings. The molecule has 1 heterocycles. The van der Waals surface area contributed by atoms with Gasteiger partial charge in [-0.1, -0.05) is 76.6 Å². The fraction of sp³-hybridized carbons (Fsp3) is 0.136. The minimum atomic E-state index is -3.76. The third-order valence-electron chi connectivity index (χ3n) is 4.84. The second-order valence-electron chi connectivity index (χ2n) is 6.67. The van der Waals surface area contributed by atoms with Gasteiger partial charge in [-0.2, -0.15) is 0 Å². The molecular weight excluding hydrogens is 436 g/mol. The van der Waals surface area contributed by atoms with Gasteiger partial charge < -0.3 is 0 Å². The van der Waals surface area contributed by atoms with E-state index in [0.29, 0.717) is 5.84 Å². The molecule has 4 rings (SSSR count). The summed E-state index contributed by atoms with van der Waals surface area (Å²) < 4.78 is 29.4. The Hall–Kier alpha value is -2.44. The van der Waals surface area contributed by atoms with Crippen molar-refractivity contribution in [1.29, 1.82) is 0 Å². The molecule has 6 heteroatoms. The molecule has 2 atom stereocenters. The lowest BCUT2D eigenvalue weighted by molar-refractivity contribution is 0.434. The molecule has 28 heavy (non-hydrogen) atoms. The molecule has 142 valence electrons. The van der Waals surface area contributed by atoms with Crippen molar-refractivity contribution in [2.24, 2.45) is 4.99 Å². The molecule has 3 aromatic rings. The van der Waals surface area contributed by atoms with E-state index in [2.05, 4.69) is 15.9 Å². The molecule has 0 bridgehead atoms. The van der Waals surface area contributed by atoms with Crippen LogP contribution in [0.4, 0.5) is 0 Å². The largest absolute Gasteiger partial charge is 0.265 e. The zero-order valence-corrected chi connectivity index (χ0v) is 17.6. The lowest BCUT2D eigenvalue weighted by Crippen LogP contribution is -2.40. The molecule has 0 unspecified atom stereocenters. The predicted octanol–water partition coefficient (Wildman–Crippen LogP) is 5.03. The summed E-state index contributed by atoms with van der Waals surface area (Å²) in [6, 6.07) is 25.4. The first-order valence-electron chi connectivity index (χ1n) is 8.96. The van der Waals surface area contributed by atoms with Crippen LogP contribution in [0.5, 0.6) is 0 Å².